The number of sulfonamides is 1. The van der Waals surface area contributed by atoms with Crippen LogP contribution in [0.4, 0.5) is 15.8 Å². The van der Waals surface area contributed by atoms with E-state index in [1.54, 1.807) is 7.05 Å². The van der Waals surface area contributed by atoms with Gasteiger partial charge in [0, 0.05) is 18.9 Å². The number of nitrogens with one attached hydrogen (secondary N) is 1. The van der Waals surface area contributed by atoms with Crippen LogP contribution in [0.25, 0.3) is 0 Å². The van der Waals surface area contributed by atoms with Crippen LogP contribution < -0.4 is 10.5 Å². The fourth-order valence-corrected chi connectivity index (χ4v) is 2.41. The predicted octanol–water partition coefficient (Wildman–Crippen LogP) is 0.942. The van der Waals surface area contributed by atoms with Crippen molar-refractivity contribution in [2.24, 2.45) is 7.05 Å². The molecule has 8 heteroatoms. The Morgan fingerprint density at radius 1 is 1.44 bits per heavy atom. The molecule has 6 nitrogen and oxygen atoms in total. The molecule has 0 atom stereocenters. The van der Waals surface area contributed by atoms with Crippen molar-refractivity contribution in [3.05, 3.63) is 36.4 Å². The Balaban J connectivity index is 2.33. The lowest BCUT2D eigenvalue weighted by Crippen LogP contribution is -2.13. The van der Waals surface area contributed by atoms with Crippen LogP contribution in [0.3, 0.4) is 0 Å². The Morgan fingerprint density at radius 2 is 2.17 bits per heavy atom. The fourth-order valence-electron chi connectivity index (χ4n) is 1.36. The Bertz CT molecular complexity index is 681. The SMILES string of the molecule is Cn1cc(S(=O)(=O)Nc2ccc(N)cc2F)cn1. The third-order valence-corrected chi connectivity index (χ3v) is 3.55. The van der Waals surface area contributed by atoms with Crippen molar-refractivity contribution in [2.45, 2.75) is 4.90 Å². The summed E-state index contributed by atoms with van der Waals surface area (Å²) in [7, 11) is -2.26. The van der Waals surface area contributed by atoms with Gasteiger partial charge in [0.05, 0.1) is 11.9 Å². The summed E-state index contributed by atoms with van der Waals surface area (Å²) in [6.45, 7) is 0. The van der Waals surface area contributed by atoms with Gasteiger partial charge in [-0.1, -0.05) is 0 Å². The normalized spacial score (nSPS) is 11.4. The molecule has 0 aliphatic rings. The summed E-state index contributed by atoms with van der Waals surface area (Å²) in [4.78, 5) is -0.0405. The minimum absolute atomic E-state index is 0.0405. The number of nitrogen functional groups attached to an aromatic ring is 1. The summed E-state index contributed by atoms with van der Waals surface area (Å²) in [5.41, 5.74) is 5.44. The minimum Gasteiger partial charge on any atom is -0.399 e. The van der Waals surface area contributed by atoms with Crippen LogP contribution in [0.15, 0.2) is 35.5 Å². The van der Waals surface area contributed by atoms with E-state index in [4.69, 9.17) is 5.73 Å². The Labute approximate surface area is 103 Å². The predicted molar refractivity (Wildman–Crippen MR) is 64.8 cm³/mol. The molecular weight excluding hydrogens is 259 g/mol. The number of nitrogens with two attached hydrogens (primary N) is 1. The zero-order chi connectivity index (χ0) is 13.3. The quantitative estimate of drug-likeness (QED) is 0.812. The molecule has 0 unspecified atom stereocenters. The smallest absolute Gasteiger partial charge is 0.265 e. The molecule has 0 radical (unpaired) electrons. The first kappa shape index (κ1) is 12.4. The van der Waals surface area contributed by atoms with Gasteiger partial charge >= 0.3 is 0 Å². The largest absolute Gasteiger partial charge is 0.399 e. The van der Waals surface area contributed by atoms with E-state index in [-0.39, 0.29) is 16.3 Å². The fraction of sp³-hybridized carbons (Fsp3) is 0.100. The van der Waals surface area contributed by atoms with Crippen LogP contribution in [-0.2, 0) is 17.1 Å². The first-order chi connectivity index (χ1) is 8.38. The Hall–Kier alpha value is -2.09. The van der Waals surface area contributed by atoms with E-state index in [1.165, 1.54) is 29.2 Å². The zero-order valence-electron chi connectivity index (χ0n) is 9.46. The number of nitrogens with zero attached hydrogens (tertiary/aromatic N) is 2. The van der Waals surface area contributed by atoms with Crippen LogP contribution in [-0.4, -0.2) is 18.2 Å². The number of anilines is 2. The second kappa shape index (κ2) is 4.30. The molecule has 0 saturated carbocycles. The molecule has 0 fully saturated rings. The van der Waals surface area contributed by atoms with Crippen molar-refractivity contribution in [2.75, 3.05) is 10.5 Å². The second-order valence-electron chi connectivity index (χ2n) is 3.69. The van der Waals surface area contributed by atoms with E-state index in [0.29, 0.717) is 0 Å². The topological polar surface area (TPSA) is 90.0 Å². The van der Waals surface area contributed by atoms with E-state index < -0.39 is 15.8 Å². The van der Waals surface area contributed by atoms with Crippen molar-refractivity contribution < 1.29 is 12.8 Å². The van der Waals surface area contributed by atoms with Crippen LogP contribution in [0, 0.1) is 5.82 Å². The van der Waals surface area contributed by atoms with E-state index in [2.05, 4.69) is 9.82 Å². The molecule has 1 heterocycles. The second-order valence-corrected chi connectivity index (χ2v) is 5.38. The van der Waals surface area contributed by atoms with Gasteiger partial charge in [-0.3, -0.25) is 9.40 Å². The van der Waals surface area contributed by atoms with Crippen LogP contribution in [0.5, 0.6) is 0 Å². The summed E-state index contributed by atoms with van der Waals surface area (Å²) in [5.74, 6) is -0.734. The van der Waals surface area contributed by atoms with Crippen LogP contribution >= 0.6 is 0 Å². The van der Waals surface area contributed by atoms with Gasteiger partial charge in [0.2, 0.25) is 0 Å². The lowest BCUT2D eigenvalue weighted by Gasteiger charge is -2.07. The summed E-state index contributed by atoms with van der Waals surface area (Å²) < 4.78 is 40.7. The van der Waals surface area contributed by atoms with Gasteiger partial charge in [-0.25, -0.2) is 12.8 Å². The lowest BCUT2D eigenvalue weighted by molar-refractivity contribution is 0.598. The minimum atomic E-state index is -3.84. The zero-order valence-corrected chi connectivity index (χ0v) is 10.3. The highest BCUT2D eigenvalue weighted by Gasteiger charge is 2.17. The van der Waals surface area contributed by atoms with Crippen molar-refractivity contribution in [3.8, 4) is 0 Å². The average Bonchev–Trinajstić information content (AvgIpc) is 2.70. The maximum Gasteiger partial charge on any atom is 0.265 e. The highest BCUT2D eigenvalue weighted by molar-refractivity contribution is 7.92. The summed E-state index contributed by atoms with van der Waals surface area (Å²) in [6, 6.07) is 3.71. The maximum atomic E-state index is 13.5. The number of halogens is 1. The molecule has 0 spiro atoms. The standard InChI is InChI=1S/C10H11FN4O2S/c1-15-6-8(5-13-15)18(16,17)14-10-3-2-7(12)4-9(10)11/h2-6,14H,12H2,1H3. The molecular formula is C10H11FN4O2S. The Kier molecular flexibility index (Phi) is 2.95. The van der Waals surface area contributed by atoms with Gasteiger partial charge in [0.25, 0.3) is 10.0 Å². The molecule has 1 aromatic heterocycles. The van der Waals surface area contributed by atoms with Crippen molar-refractivity contribution in [1.29, 1.82) is 0 Å². The molecule has 18 heavy (non-hydrogen) atoms. The Morgan fingerprint density at radius 3 is 2.72 bits per heavy atom. The number of hydrogen-bond acceptors (Lipinski definition) is 4. The molecule has 1 aromatic carbocycles. The summed E-state index contributed by atoms with van der Waals surface area (Å²) in [5, 5.41) is 3.74. The van der Waals surface area contributed by atoms with E-state index >= 15 is 0 Å². The molecule has 0 aliphatic carbocycles. The van der Waals surface area contributed by atoms with Crippen LogP contribution in [0.2, 0.25) is 0 Å². The summed E-state index contributed by atoms with van der Waals surface area (Å²) >= 11 is 0. The molecule has 0 saturated heterocycles. The average molecular weight is 270 g/mol. The van der Waals surface area contributed by atoms with Gasteiger partial charge in [0.1, 0.15) is 10.7 Å². The highest BCUT2D eigenvalue weighted by Crippen LogP contribution is 2.20. The number of aromatic nitrogens is 2. The van der Waals surface area contributed by atoms with Crippen LogP contribution in [0.1, 0.15) is 0 Å². The molecule has 3 N–H and O–H groups in total. The third kappa shape index (κ3) is 2.43. The first-order valence-electron chi connectivity index (χ1n) is 4.95. The first-order valence-corrected chi connectivity index (χ1v) is 6.43. The number of rotatable bonds is 3. The molecule has 2 rings (SSSR count). The highest BCUT2D eigenvalue weighted by atomic mass is 32.2. The molecule has 0 aliphatic heterocycles. The molecule has 2 aromatic rings. The number of hydrogen-bond donors (Lipinski definition) is 2. The van der Waals surface area contributed by atoms with Gasteiger partial charge in [0.15, 0.2) is 0 Å². The lowest BCUT2D eigenvalue weighted by atomic mass is 10.3. The monoisotopic (exact) mass is 270 g/mol. The van der Waals surface area contributed by atoms with Crippen molar-refractivity contribution in [3.63, 3.8) is 0 Å². The van der Waals surface area contributed by atoms with Crippen molar-refractivity contribution in [1.82, 2.24) is 9.78 Å². The van der Waals surface area contributed by atoms with E-state index in [0.717, 1.165) is 6.07 Å². The van der Waals surface area contributed by atoms with Crippen molar-refractivity contribution >= 4 is 21.4 Å². The molecule has 0 amide bonds. The van der Waals surface area contributed by atoms with E-state index in [9.17, 15) is 12.8 Å². The van der Waals surface area contributed by atoms with E-state index in [1.807, 2.05) is 0 Å². The third-order valence-electron chi connectivity index (χ3n) is 2.23. The number of benzene rings is 1. The maximum absolute atomic E-state index is 13.5. The number of aryl methyl sites for hydroxylation is 1. The van der Waals surface area contributed by atoms with Gasteiger partial charge < -0.3 is 5.73 Å². The van der Waals surface area contributed by atoms with Gasteiger partial charge in [-0.15, -0.1) is 0 Å². The molecule has 0 bridgehead atoms. The summed E-state index contributed by atoms with van der Waals surface area (Å²) in [6.07, 6.45) is 2.50. The van der Waals surface area contributed by atoms with Gasteiger partial charge in [-0.05, 0) is 18.2 Å². The molecule has 96 valence electrons. The van der Waals surface area contributed by atoms with Gasteiger partial charge in [-0.2, -0.15) is 5.10 Å².